The monoisotopic (exact) mass is 260 g/mol. The molecule has 0 bridgehead atoms. The van der Waals surface area contributed by atoms with Gasteiger partial charge in [-0.05, 0) is 27.2 Å². The van der Waals surface area contributed by atoms with Crippen LogP contribution in [-0.2, 0) is 9.53 Å². The maximum Gasteiger partial charge on any atom is 0.235 e. The highest BCUT2D eigenvalue weighted by atomic mass is 32.1. The first-order chi connectivity index (χ1) is 7.93. The summed E-state index contributed by atoms with van der Waals surface area (Å²) in [5.74, 6) is -0.00490. The van der Waals surface area contributed by atoms with Crippen LogP contribution in [0.3, 0.4) is 0 Å². The van der Waals surface area contributed by atoms with Crippen molar-refractivity contribution >= 4 is 23.1 Å². The highest BCUT2D eigenvalue weighted by Gasteiger charge is 2.37. The van der Waals surface area contributed by atoms with Crippen LogP contribution in [0.2, 0.25) is 0 Å². The van der Waals surface area contributed by atoms with Gasteiger partial charge in [0.15, 0.2) is 0 Å². The predicted octanol–water partition coefficient (Wildman–Crippen LogP) is 1.57. The van der Waals surface area contributed by atoms with Crippen molar-refractivity contribution in [3.63, 3.8) is 0 Å². The van der Waals surface area contributed by atoms with Crippen molar-refractivity contribution in [3.8, 4) is 0 Å². The number of nitrogens with two attached hydrogens (primary N) is 1. The van der Waals surface area contributed by atoms with E-state index in [-0.39, 0.29) is 10.9 Å². The molecule has 17 heavy (non-hydrogen) atoms. The van der Waals surface area contributed by atoms with Gasteiger partial charge in [0, 0.05) is 19.7 Å². The summed E-state index contributed by atoms with van der Waals surface area (Å²) in [5, 5.41) is 0. The van der Waals surface area contributed by atoms with Gasteiger partial charge in [-0.3, -0.25) is 4.79 Å². The molecule has 0 aliphatic carbocycles. The summed E-state index contributed by atoms with van der Waals surface area (Å²) < 4.78 is 5.26. The Morgan fingerprint density at radius 3 is 2.35 bits per heavy atom. The lowest BCUT2D eigenvalue weighted by atomic mass is 9.86. The summed E-state index contributed by atoms with van der Waals surface area (Å²) in [4.78, 5) is 14.4. The first-order valence-electron chi connectivity index (χ1n) is 6.11. The molecule has 1 atom stereocenters. The van der Waals surface area contributed by atoms with E-state index in [1.807, 2.05) is 20.8 Å². The van der Waals surface area contributed by atoms with Gasteiger partial charge in [-0.15, -0.1) is 0 Å². The van der Waals surface area contributed by atoms with Gasteiger partial charge in [-0.25, -0.2) is 0 Å². The molecule has 0 saturated carbocycles. The van der Waals surface area contributed by atoms with E-state index in [2.05, 4.69) is 0 Å². The Hall–Kier alpha value is -0.680. The van der Waals surface area contributed by atoms with Crippen LogP contribution in [0.15, 0.2) is 0 Å². The highest BCUT2D eigenvalue weighted by Crippen LogP contribution is 2.24. The molecule has 0 saturated heterocycles. The third kappa shape index (κ3) is 4.24. The quantitative estimate of drug-likeness (QED) is 0.532. The lowest BCUT2D eigenvalue weighted by Gasteiger charge is -2.32. The lowest BCUT2D eigenvalue weighted by molar-refractivity contribution is -0.138. The van der Waals surface area contributed by atoms with E-state index in [0.29, 0.717) is 32.7 Å². The minimum Gasteiger partial charge on any atom is -0.392 e. The summed E-state index contributed by atoms with van der Waals surface area (Å²) in [7, 11) is 0. The van der Waals surface area contributed by atoms with Gasteiger partial charge in [0.1, 0.15) is 0 Å². The largest absolute Gasteiger partial charge is 0.392 e. The van der Waals surface area contributed by atoms with Gasteiger partial charge < -0.3 is 15.4 Å². The number of carbonyl (C=O) groups is 1. The zero-order chi connectivity index (χ0) is 13.5. The number of carbonyl (C=O) groups excluding carboxylic acids is 1. The van der Waals surface area contributed by atoms with Crippen LogP contribution >= 0.6 is 12.2 Å². The number of hydrogen-bond donors (Lipinski definition) is 1. The zero-order valence-electron chi connectivity index (χ0n) is 11.3. The van der Waals surface area contributed by atoms with E-state index in [1.54, 1.807) is 11.8 Å². The topological polar surface area (TPSA) is 55.6 Å². The third-order valence-electron chi connectivity index (χ3n) is 3.10. The molecule has 100 valence electrons. The molecule has 1 unspecified atom stereocenters. The fourth-order valence-electron chi connectivity index (χ4n) is 1.50. The Morgan fingerprint density at radius 1 is 1.41 bits per heavy atom. The van der Waals surface area contributed by atoms with Crippen LogP contribution in [0.25, 0.3) is 0 Å². The Balaban J connectivity index is 4.66. The molecule has 2 N–H and O–H groups in total. The van der Waals surface area contributed by atoms with Crippen LogP contribution in [0, 0.1) is 5.41 Å². The van der Waals surface area contributed by atoms with E-state index in [9.17, 15) is 4.79 Å². The van der Waals surface area contributed by atoms with E-state index >= 15 is 0 Å². The van der Waals surface area contributed by atoms with Crippen LogP contribution in [0.5, 0.6) is 0 Å². The summed E-state index contributed by atoms with van der Waals surface area (Å²) in [6, 6.07) is 0. The minimum atomic E-state index is -0.739. The molecule has 0 aliphatic rings. The van der Waals surface area contributed by atoms with Crippen LogP contribution in [0.4, 0.5) is 0 Å². The second-order valence-corrected chi connectivity index (χ2v) is 4.57. The summed E-state index contributed by atoms with van der Waals surface area (Å²) >= 11 is 5.01. The van der Waals surface area contributed by atoms with Crippen molar-refractivity contribution in [1.29, 1.82) is 0 Å². The van der Waals surface area contributed by atoms with E-state index < -0.39 is 5.41 Å². The van der Waals surface area contributed by atoms with E-state index in [0.717, 1.165) is 0 Å². The Labute approximate surface area is 109 Å². The maximum absolute atomic E-state index is 12.4. The van der Waals surface area contributed by atoms with Gasteiger partial charge in [-0.2, -0.15) is 0 Å². The molecule has 0 heterocycles. The lowest BCUT2D eigenvalue weighted by Crippen LogP contribution is -2.49. The second kappa shape index (κ2) is 7.61. The van der Waals surface area contributed by atoms with Crippen molar-refractivity contribution in [1.82, 2.24) is 4.90 Å². The van der Waals surface area contributed by atoms with Crippen molar-refractivity contribution in [2.75, 3.05) is 26.3 Å². The van der Waals surface area contributed by atoms with Crippen LogP contribution in [-0.4, -0.2) is 42.1 Å². The third-order valence-corrected chi connectivity index (χ3v) is 3.55. The van der Waals surface area contributed by atoms with Crippen molar-refractivity contribution in [3.05, 3.63) is 0 Å². The number of likely N-dealkylation sites (N-methyl/N-ethyl adjacent to an activating group) is 1. The van der Waals surface area contributed by atoms with Crippen molar-refractivity contribution < 1.29 is 9.53 Å². The summed E-state index contributed by atoms with van der Waals surface area (Å²) in [5.41, 5.74) is 4.94. The number of thiocarbonyl (C=S) groups is 1. The van der Waals surface area contributed by atoms with Crippen molar-refractivity contribution in [2.45, 2.75) is 34.1 Å². The van der Waals surface area contributed by atoms with E-state index in [4.69, 9.17) is 22.7 Å². The fourth-order valence-corrected chi connectivity index (χ4v) is 1.73. The molecule has 0 rings (SSSR count). The van der Waals surface area contributed by atoms with Crippen molar-refractivity contribution in [2.24, 2.45) is 11.1 Å². The SMILES string of the molecule is CCOCCN(CC)C(=O)C(C)(CC)C(N)=S. The summed E-state index contributed by atoms with van der Waals surface area (Å²) in [6.07, 6.45) is 0.617. The minimum absolute atomic E-state index is 0.00490. The molecule has 0 radical (unpaired) electrons. The summed E-state index contributed by atoms with van der Waals surface area (Å²) in [6.45, 7) is 10.0. The normalized spacial score (nSPS) is 14.1. The first-order valence-corrected chi connectivity index (χ1v) is 6.51. The number of amides is 1. The molecular formula is C12H24N2O2S. The first kappa shape index (κ1) is 16.3. The molecule has 1 amide bonds. The predicted molar refractivity (Wildman–Crippen MR) is 73.9 cm³/mol. The van der Waals surface area contributed by atoms with Gasteiger partial charge in [0.05, 0.1) is 17.0 Å². The van der Waals surface area contributed by atoms with Gasteiger partial charge in [-0.1, -0.05) is 19.1 Å². The number of rotatable bonds is 8. The van der Waals surface area contributed by atoms with Gasteiger partial charge in [0.25, 0.3) is 0 Å². The molecule has 0 aromatic rings. The molecule has 0 aliphatic heterocycles. The van der Waals surface area contributed by atoms with E-state index in [1.165, 1.54) is 0 Å². The molecule has 5 heteroatoms. The Bertz CT molecular complexity index is 271. The fraction of sp³-hybridized carbons (Fsp3) is 0.833. The van der Waals surface area contributed by atoms with Gasteiger partial charge in [0.2, 0.25) is 5.91 Å². The van der Waals surface area contributed by atoms with Crippen LogP contribution < -0.4 is 5.73 Å². The van der Waals surface area contributed by atoms with Gasteiger partial charge >= 0.3 is 0 Å². The smallest absolute Gasteiger partial charge is 0.235 e. The average Bonchev–Trinajstić information content (AvgIpc) is 2.32. The van der Waals surface area contributed by atoms with Crippen LogP contribution in [0.1, 0.15) is 34.1 Å². The number of nitrogens with zero attached hydrogens (tertiary/aromatic N) is 1. The second-order valence-electron chi connectivity index (χ2n) is 4.13. The maximum atomic E-state index is 12.4. The standard InChI is InChI=1S/C12H24N2O2S/c1-5-12(4,10(13)17)11(15)14(6-2)8-9-16-7-3/h5-9H2,1-4H3,(H2,13,17). The molecular weight excluding hydrogens is 236 g/mol. The Kier molecular flexibility index (Phi) is 7.30. The molecule has 0 aromatic carbocycles. The molecule has 0 aromatic heterocycles. The molecule has 0 spiro atoms. The number of hydrogen-bond acceptors (Lipinski definition) is 3. The molecule has 0 fully saturated rings. The number of ether oxygens (including phenoxy) is 1. The highest BCUT2D eigenvalue weighted by molar-refractivity contribution is 7.80. The Morgan fingerprint density at radius 2 is 2.00 bits per heavy atom. The zero-order valence-corrected chi connectivity index (χ0v) is 12.1. The molecule has 4 nitrogen and oxygen atoms in total. The average molecular weight is 260 g/mol.